The maximum atomic E-state index is 12.0. The molecule has 0 bridgehead atoms. The Balaban J connectivity index is 2.72. The molecule has 1 saturated carbocycles. The Hall–Kier alpha value is -0.370. The molecule has 2 nitrogen and oxygen atoms in total. The van der Waals surface area contributed by atoms with E-state index < -0.39 is 5.60 Å². The summed E-state index contributed by atoms with van der Waals surface area (Å²) in [7, 11) is 0. The SMILES string of the molecule is CC(C)C(=O)C1(OC(C)(C)C)CCC1. The molecule has 0 amide bonds. The number of ketones is 1. The van der Waals surface area contributed by atoms with Crippen molar-refractivity contribution in [2.75, 3.05) is 0 Å². The molecule has 0 N–H and O–H groups in total. The van der Waals surface area contributed by atoms with E-state index in [1.807, 2.05) is 34.6 Å². The summed E-state index contributed by atoms with van der Waals surface area (Å²) in [5.74, 6) is 0.358. The average Bonchev–Trinajstić information content (AvgIpc) is 1.93. The third-order valence-corrected chi connectivity index (χ3v) is 2.64. The van der Waals surface area contributed by atoms with E-state index in [1.54, 1.807) is 0 Å². The molecule has 0 radical (unpaired) electrons. The minimum absolute atomic E-state index is 0.0812. The largest absolute Gasteiger partial charge is 0.362 e. The van der Waals surface area contributed by atoms with E-state index in [-0.39, 0.29) is 17.3 Å². The first-order chi connectivity index (χ1) is 6.27. The van der Waals surface area contributed by atoms with Crippen LogP contribution in [0, 0.1) is 5.92 Å². The molecule has 0 spiro atoms. The van der Waals surface area contributed by atoms with E-state index in [4.69, 9.17) is 4.74 Å². The van der Waals surface area contributed by atoms with Crippen LogP contribution >= 0.6 is 0 Å². The highest BCUT2D eigenvalue weighted by molar-refractivity contribution is 5.89. The van der Waals surface area contributed by atoms with Crippen LogP contribution in [0.3, 0.4) is 0 Å². The zero-order chi connectivity index (χ0) is 11.0. The van der Waals surface area contributed by atoms with E-state index in [9.17, 15) is 4.79 Å². The van der Waals surface area contributed by atoms with Crippen LogP contribution in [0.4, 0.5) is 0 Å². The average molecular weight is 198 g/mol. The van der Waals surface area contributed by atoms with Crippen molar-refractivity contribution < 1.29 is 9.53 Å². The van der Waals surface area contributed by atoms with Gasteiger partial charge in [0.15, 0.2) is 5.78 Å². The summed E-state index contributed by atoms with van der Waals surface area (Å²) in [5.41, 5.74) is -0.669. The molecule has 0 aliphatic heterocycles. The van der Waals surface area contributed by atoms with Gasteiger partial charge in [0.25, 0.3) is 0 Å². The minimum Gasteiger partial charge on any atom is -0.362 e. The fourth-order valence-corrected chi connectivity index (χ4v) is 2.01. The van der Waals surface area contributed by atoms with Gasteiger partial charge in [-0.3, -0.25) is 4.79 Å². The molecule has 82 valence electrons. The number of ether oxygens (including phenoxy) is 1. The first-order valence-corrected chi connectivity index (χ1v) is 5.51. The third-order valence-electron chi connectivity index (χ3n) is 2.64. The molecule has 0 aromatic rings. The maximum absolute atomic E-state index is 12.0. The van der Waals surface area contributed by atoms with Gasteiger partial charge < -0.3 is 4.74 Å². The van der Waals surface area contributed by atoms with Crippen molar-refractivity contribution in [1.82, 2.24) is 0 Å². The second kappa shape index (κ2) is 3.65. The Morgan fingerprint density at radius 2 is 1.79 bits per heavy atom. The molecule has 0 atom stereocenters. The van der Waals surface area contributed by atoms with Crippen molar-refractivity contribution in [1.29, 1.82) is 0 Å². The molecular weight excluding hydrogens is 176 g/mol. The number of rotatable bonds is 3. The van der Waals surface area contributed by atoms with Crippen LogP contribution in [0.1, 0.15) is 53.9 Å². The second-order valence-corrected chi connectivity index (χ2v) is 5.58. The number of carbonyl (C=O) groups is 1. The first kappa shape index (κ1) is 11.7. The Kier molecular flexibility index (Phi) is 3.05. The molecular formula is C12H22O2. The van der Waals surface area contributed by atoms with Gasteiger partial charge in [0.1, 0.15) is 5.60 Å². The summed E-state index contributed by atoms with van der Waals surface area (Å²) in [6.07, 6.45) is 2.93. The predicted octanol–water partition coefficient (Wildman–Crippen LogP) is 2.95. The van der Waals surface area contributed by atoms with E-state index >= 15 is 0 Å². The van der Waals surface area contributed by atoms with Crippen LogP contribution in [0.25, 0.3) is 0 Å². The molecule has 0 heterocycles. The van der Waals surface area contributed by atoms with E-state index in [1.165, 1.54) is 0 Å². The summed E-state index contributed by atoms with van der Waals surface area (Å²) in [4.78, 5) is 12.0. The Morgan fingerprint density at radius 3 is 2.00 bits per heavy atom. The van der Waals surface area contributed by atoms with Crippen molar-refractivity contribution in [3.05, 3.63) is 0 Å². The van der Waals surface area contributed by atoms with Gasteiger partial charge in [0.2, 0.25) is 0 Å². The van der Waals surface area contributed by atoms with Crippen LogP contribution in [-0.2, 0) is 9.53 Å². The molecule has 1 fully saturated rings. The molecule has 2 heteroatoms. The van der Waals surface area contributed by atoms with Crippen LogP contribution in [0.2, 0.25) is 0 Å². The molecule has 0 saturated heterocycles. The summed E-state index contributed by atoms with van der Waals surface area (Å²) in [6, 6.07) is 0. The third kappa shape index (κ3) is 2.35. The van der Waals surface area contributed by atoms with Gasteiger partial charge in [0.05, 0.1) is 5.60 Å². The zero-order valence-electron chi connectivity index (χ0n) is 10.0. The standard InChI is InChI=1S/C12H22O2/c1-9(2)10(13)12(7-6-8-12)14-11(3,4)5/h9H,6-8H2,1-5H3. The van der Waals surface area contributed by atoms with Gasteiger partial charge in [-0.05, 0) is 40.0 Å². The molecule has 0 unspecified atom stereocenters. The lowest BCUT2D eigenvalue weighted by Crippen LogP contribution is -2.53. The van der Waals surface area contributed by atoms with Crippen LogP contribution in [0.15, 0.2) is 0 Å². The Labute approximate surface area is 87.0 Å². The van der Waals surface area contributed by atoms with Gasteiger partial charge in [-0.1, -0.05) is 13.8 Å². The Morgan fingerprint density at radius 1 is 1.29 bits per heavy atom. The van der Waals surface area contributed by atoms with Crippen molar-refractivity contribution >= 4 is 5.78 Å². The monoisotopic (exact) mass is 198 g/mol. The van der Waals surface area contributed by atoms with E-state index in [0.29, 0.717) is 0 Å². The summed E-state index contributed by atoms with van der Waals surface area (Å²) in [6.45, 7) is 9.95. The van der Waals surface area contributed by atoms with Gasteiger partial charge in [-0.15, -0.1) is 0 Å². The van der Waals surface area contributed by atoms with Gasteiger partial charge in [0, 0.05) is 5.92 Å². The lowest BCUT2D eigenvalue weighted by molar-refractivity contribution is -0.187. The zero-order valence-corrected chi connectivity index (χ0v) is 10.0. The number of hydrogen-bond acceptors (Lipinski definition) is 2. The highest BCUT2D eigenvalue weighted by Crippen LogP contribution is 2.41. The second-order valence-electron chi connectivity index (χ2n) is 5.58. The summed E-state index contributed by atoms with van der Waals surface area (Å²) in [5, 5.41) is 0. The topological polar surface area (TPSA) is 26.3 Å². The molecule has 1 aliphatic rings. The lowest BCUT2D eigenvalue weighted by Gasteiger charge is -2.45. The molecule has 1 aliphatic carbocycles. The molecule has 14 heavy (non-hydrogen) atoms. The smallest absolute Gasteiger partial charge is 0.167 e. The fourth-order valence-electron chi connectivity index (χ4n) is 2.01. The normalized spacial score (nSPS) is 20.7. The quantitative estimate of drug-likeness (QED) is 0.697. The van der Waals surface area contributed by atoms with Crippen LogP contribution < -0.4 is 0 Å². The first-order valence-electron chi connectivity index (χ1n) is 5.51. The summed E-state index contributed by atoms with van der Waals surface area (Å²) < 4.78 is 5.93. The van der Waals surface area contributed by atoms with Crippen molar-refractivity contribution in [2.24, 2.45) is 5.92 Å². The Bertz CT molecular complexity index is 219. The fraction of sp³-hybridized carbons (Fsp3) is 0.917. The minimum atomic E-state index is -0.452. The highest BCUT2D eigenvalue weighted by Gasteiger charge is 2.48. The van der Waals surface area contributed by atoms with Crippen molar-refractivity contribution in [3.63, 3.8) is 0 Å². The van der Waals surface area contributed by atoms with E-state index in [2.05, 4.69) is 0 Å². The van der Waals surface area contributed by atoms with Gasteiger partial charge in [-0.2, -0.15) is 0 Å². The summed E-state index contributed by atoms with van der Waals surface area (Å²) >= 11 is 0. The molecule has 0 aromatic heterocycles. The number of Topliss-reactive ketones (excluding diaryl/α,β-unsaturated/α-hetero) is 1. The van der Waals surface area contributed by atoms with Crippen molar-refractivity contribution in [3.8, 4) is 0 Å². The maximum Gasteiger partial charge on any atom is 0.167 e. The highest BCUT2D eigenvalue weighted by atomic mass is 16.5. The predicted molar refractivity (Wildman–Crippen MR) is 57.3 cm³/mol. The van der Waals surface area contributed by atoms with Gasteiger partial charge in [-0.25, -0.2) is 0 Å². The molecule has 1 rings (SSSR count). The van der Waals surface area contributed by atoms with E-state index in [0.717, 1.165) is 19.3 Å². The molecule has 0 aromatic carbocycles. The lowest BCUT2D eigenvalue weighted by atomic mass is 9.73. The van der Waals surface area contributed by atoms with Gasteiger partial charge >= 0.3 is 0 Å². The van der Waals surface area contributed by atoms with Crippen LogP contribution in [0.5, 0.6) is 0 Å². The number of hydrogen-bond donors (Lipinski definition) is 0. The van der Waals surface area contributed by atoms with Crippen LogP contribution in [-0.4, -0.2) is 17.0 Å². The van der Waals surface area contributed by atoms with Crippen molar-refractivity contribution in [2.45, 2.75) is 65.1 Å². The number of carbonyl (C=O) groups excluding carboxylic acids is 1.